The number of carbonyl (C=O) groups excluding carboxylic acids is 1. The molecule has 0 radical (unpaired) electrons. The van der Waals surface area contributed by atoms with Crippen LogP contribution in [0.5, 0.6) is 0 Å². The molecule has 0 spiro atoms. The Hall–Kier alpha value is -2.51. The lowest BCUT2D eigenvalue weighted by atomic mass is 10.2. The molecule has 8 heteroatoms. The van der Waals surface area contributed by atoms with Gasteiger partial charge in [0, 0.05) is 6.20 Å². The van der Waals surface area contributed by atoms with Crippen LogP contribution in [0.4, 0.5) is 5.95 Å². The molecule has 106 valence electrons. The van der Waals surface area contributed by atoms with Gasteiger partial charge in [0.15, 0.2) is 5.82 Å². The number of aromatic nitrogens is 4. The lowest BCUT2D eigenvalue weighted by Gasteiger charge is -2.13. The fourth-order valence-electron chi connectivity index (χ4n) is 1.74. The minimum atomic E-state index is -0.347. The van der Waals surface area contributed by atoms with Gasteiger partial charge >= 0.3 is 0 Å². The number of carbonyl (C=O) groups is 1. The van der Waals surface area contributed by atoms with Gasteiger partial charge in [-0.2, -0.15) is 4.98 Å². The topological polar surface area (TPSA) is 120 Å². The summed E-state index contributed by atoms with van der Waals surface area (Å²) in [6.07, 6.45) is 2.03. The molecule has 0 aliphatic carbocycles. The Balaban J connectivity index is 2.17. The molecule has 0 saturated heterocycles. The summed E-state index contributed by atoms with van der Waals surface area (Å²) in [4.78, 5) is 24.1. The molecule has 2 rings (SSSR count). The van der Waals surface area contributed by atoms with Crippen molar-refractivity contribution in [3.63, 3.8) is 0 Å². The summed E-state index contributed by atoms with van der Waals surface area (Å²) in [6, 6.07) is -0.347. The second-order valence-electron chi connectivity index (χ2n) is 4.34. The molecule has 0 fully saturated rings. The van der Waals surface area contributed by atoms with E-state index in [-0.39, 0.29) is 17.9 Å². The van der Waals surface area contributed by atoms with Gasteiger partial charge in [-0.15, -0.1) is 0 Å². The van der Waals surface area contributed by atoms with E-state index in [1.807, 2.05) is 6.92 Å². The van der Waals surface area contributed by atoms with Crippen molar-refractivity contribution in [2.24, 2.45) is 0 Å². The maximum Gasteiger partial charge on any atom is 0.255 e. The Morgan fingerprint density at radius 1 is 1.45 bits per heavy atom. The number of hydrogen-bond acceptors (Lipinski definition) is 7. The van der Waals surface area contributed by atoms with Crippen molar-refractivity contribution in [2.75, 3.05) is 5.73 Å². The highest BCUT2D eigenvalue weighted by atomic mass is 16.5. The number of nitrogens with zero attached hydrogens (tertiary/aromatic N) is 4. The highest BCUT2D eigenvalue weighted by Gasteiger charge is 2.21. The number of hydrogen-bond donors (Lipinski definition) is 2. The van der Waals surface area contributed by atoms with Crippen LogP contribution in [0.25, 0.3) is 0 Å². The number of nitrogen functional groups attached to an aromatic ring is 1. The maximum atomic E-state index is 12.2. The average molecular weight is 276 g/mol. The van der Waals surface area contributed by atoms with Gasteiger partial charge in [-0.05, 0) is 20.3 Å². The van der Waals surface area contributed by atoms with Crippen LogP contribution in [0.3, 0.4) is 0 Å². The average Bonchev–Trinajstić information content (AvgIpc) is 2.82. The van der Waals surface area contributed by atoms with Crippen LogP contribution in [0.15, 0.2) is 10.7 Å². The molecule has 0 aliphatic heterocycles. The van der Waals surface area contributed by atoms with E-state index in [1.54, 1.807) is 13.8 Å². The fourth-order valence-corrected chi connectivity index (χ4v) is 1.74. The molecule has 1 amide bonds. The van der Waals surface area contributed by atoms with Gasteiger partial charge < -0.3 is 15.6 Å². The lowest BCUT2D eigenvalue weighted by Crippen LogP contribution is -2.29. The largest absolute Gasteiger partial charge is 0.368 e. The summed E-state index contributed by atoms with van der Waals surface area (Å²) in [6.45, 7) is 5.33. The van der Waals surface area contributed by atoms with Crippen molar-refractivity contribution in [2.45, 2.75) is 33.2 Å². The molecule has 1 atom stereocenters. The Bertz CT molecular complexity index is 624. The van der Waals surface area contributed by atoms with E-state index in [4.69, 9.17) is 10.3 Å². The van der Waals surface area contributed by atoms with E-state index < -0.39 is 0 Å². The molecule has 3 N–H and O–H groups in total. The van der Waals surface area contributed by atoms with E-state index in [0.29, 0.717) is 29.4 Å². The monoisotopic (exact) mass is 276 g/mol. The molecule has 0 bridgehead atoms. The third-order valence-electron chi connectivity index (χ3n) is 2.80. The Morgan fingerprint density at radius 2 is 2.20 bits per heavy atom. The third kappa shape index (κ3) is 2.90. The van der Waals surface area contributed by atoms with Gasteiger partial charge in [0.25, 0.3) is 5.91 Å². The summed E-state index contributed by atoms with van der Waals surface area (Å²) in [7, 11) is 0. The van der Waals surface area contributed by atoms with Crippen LogP contribution in [0, 0.1) is 13.8 Å². The Morgan fingerprint density at radius 3 is 2.75 bits per heavy atom. The van der Waals surface area contributed by atoms with E-state index in [9.17, 15) is 4.79 Å². The molecular weight excluding hydrogens is 260 g/mol. The van der Waals surface area contributed by atoms with Crippen molar-refractivity contribution in [1.82, 2.24) is 25.4 Å². The number of amides is 1. The van der Waals surface area contributed by atoms with Crippen molar-refractivity contribution >= 4 is 11.9 Å². The molecule has 0 unspecified atom stereocenters. The predicted octanol–water partition coefficient (Wildman–Crippen LogP) is 0.940. The SMILES string of the molecule is CC[C@@H](NC(=O)c1cnc(N)nc1C)c1nc(C)no1. The standard InChI is InChI=1S/C12H16N6O2/c1-4-9(11-16-7(3)18-20-11)17-10(19)8-5-14-12(13)15-6(8)2/h5,9H,4H2,1-3H3,(H,17,19)(H2,13,14,15)/t9-/m1/s1. The van der Waals surface area contributed by atoms with Crippen LogP contribution in [-0.2, 0) is 0 Å². The van der Waals surface area contributed by atoms with Crippen LogP contribution >= 0.6 is 0 Å². The summed E-state index contributed by atoms with van der Waals surface area (Å²) >= 11 is 0. The number of rotatable bonds is 4. The zero-order valence-electron chi connectivity index (χ0n) is 11.5. The van der Waals surface area contributed by atoms with Gasteiger partial charge in [0.1, 0.15) is 6.04 Å². The molecule has 8 nitrogen and oxygen atoms in total. The smallest absolute Gasteiger partial charge is 0.255 e. The molecule has 2 aromatic rings. The molecule has 20 heavy (non-hydrogen) atoms. The summed E-state index contributed by atoms with van der Waals surface area (Å²) < 4.78 is 5.08. The number of nitrogens with one attached hydrogen (secondary N) is 1. The normalized spacial score (nSPS) is 12.2. The molecule has 0 aromatic carbocycles. The van der Waals surface area contributed by atoms with Gasteiger partial charge in [-0.3, -0.25) is 4.79 Å². The first kappa shape index (κ1) is 13.9. The molecule has 2 heterocycles. The maximum absolute atomic E-state index is 12.2. The number of aryl methyl sites for hydroxylation is 2. The van der Waals surface area contributed by atoms with Crippen molar-refractivity contribution in [3.05, 3.63) is 29.2 Å². The first-order chi connectivity index (χ1) is 9.51. The number of anilines is 1. The van der Waals surface area contributed by atoms with E-state index in [1.165, 1.54) is 6.20 Å². The first-order valence-corrected chi connectivity index (χ1v) is 6.21. The molecule has 0 aliphatic rings. The van der Waals surface area contributed by atoms with E-state index >= 15 is 0 Å². The minimum absolute atomic E-state index is 0.138. The Labute approximate surface area is 115 Å². The van der Waals surface area contributed by atoms with E-state index in [2.05, 4.69) is 25.4 Å². The van der Waals surface area contributed by atoms with Crippen LogP contribution < -0.4 is 11.1 Å². The highest BCUT2D eigenvalue weighted by molar-refractivity contribution is 5.95. The third-order valence-corrected chi connectivity index (χ3v) is 2.80. The molecule has 2 aromatic heterocycles. The highest BCUT2D eigenvalue weighted by Crippen LogP contribution is 2.15. The Kier molecular flexibility index (Phi) is 3.92. The van der Waals surface area contributed by atoms with Gasteiger partial charge in [-0.1, -0.05) is 12.1 Å². The first-order valence-electron chi connectivity index (χ1n) is 6.21. The minimum Gasteiger partial charge on any atom is -0.368 e. The zero-order chi connectivity index (χ0) is 14.7. The van der Waals surface area contributed by atoms with Gasteiger partial charge in [0.2, 0.25) is 11.8 Å². The van der Waals surface area contributed by atoms with E-state index in [0.717, 1.165) is 0 Å². The quantitative estimate of drug-likeness (QED) is 0.852. The second kappa shape index (κ2) is 5.64. The summed E-state index contributed by atoms with van der Waals surface area (Å²) in [5.74, 6) is 0.746. The zero-order valence-corrected chi connectivity index (χ0v) is 11.5. The van der Waals surface area contributed by atoms with Gasteiger partial charge in [0.05, 0.1) is 11.3 Å². The van der Waals surface area contributed by atoms with Crippen LogP contribution in [-0.4, -0.2) is 26.0 Å². The molecule has 0 saturated carbocycles. The number of nitrogens with two attached hydrogens (primary N) is 1. The lowest BCUT2D eigenvalue weighted by molar-refractivity contribution is 0.0925. The van der Waals surface area contributed by atoms with Crippen LogP contribution in [0.1, 0.15) is 47.2 Å². The van der Waals surface area contributed by atoms with Crippen molar-refractivity contribution in [1.29, 1.82) is 0 Å². The van der Waals surface area contributed by atoms with Crippen molar-refractivity contribution < 1.29 is 9.32 Å². The fraction of sp³-hybridized carbons (Fsp3) is 0.417. The summed E-state index contributed by atoms with van der Waals surface area (Å²) in [5, 5.41) is 6.53. The van der Waals surface area contributed by atoms with Crippen LogP contribution in [0.2, 0.25) is 0 Å². The predicted molar refractivity (Wildman–Crippen MR) is 70.7 cm³/mol. The van der Waals surface area contributed by atoms with Crippen molar-refractivity contribution in [3.8, 4) is 0 Å². The van der Waals surface area contributed by atoms with Gasteiger partial charge in [-0.25, -0.2) is 9.97 Å². The molecular formula is C12H16N6O2. The second-order valence-corrected chi connectivity index (χ2v) is 4.34. The summed E-state index contributed by atoms with van der Waals surface area (Å²) in [5.41, 5.74) is 6.35.